The summed E-state index contributed by atoms with van der Waals surface area (Å²) < 4.78 is 10.9. The molecule has 3 rings (SSSR count). The van der Waals surface area contributed by atoms with Crippen LogP contribution in [0.2, 0.25) is 0 Å². The number of hydrogen-bond donors (Lipinski definition) is 1. The zero-order valence-electron chi connectivity index (χ0n) is 11.6. The van der Waals surface area contributed by atoms with Gasteiger partial charge in [0.1, 0.15) is 11.5 Å². The smallest absolute Gasteiger partial charge is 0.262 e. The lowest BCUT2D eigenvalue weighted by atomic mass is 10.1. The number of nitrogen functional groups attached to an aromatic ring is 1. The van der Waals surface area contributed by atoms with Gasteiger partial charge in [-0.1, -0.05) is 17.3 Å². The highest BCUT2D eigenvalue weighted by Gasteiger charge is 2.20. The van der Waals surface area contributed by atoms with Crippen molar-refractivity contribution in [3.05, 3.63) is 41.3 Å². The summed E-state index contributed by atoms with van der Waals surface area (Å²) in [7, 11) is 0. The van der Waals surface area contributed by atoms with Crippen LogP contribution in [-0.4, -0.2) is 10.1 Å². The van der Waals surface area contributed by atoms with Gasteiger partial charge in [-0.05, 0) is 32.9 Å². The average molecular weight is 269 g/mol. The van der Waals surface area contributed by atoms with E-state index in [0.717, 1.165) is 28.2 Å². The molecule has 5 heteroatoms. The minimum Gasteiger partial charge on any atom is -0.466 e. The molecule has 0 bridgehead atoms. The van der Waals surface area contributed by atoms with Gasteiger partial charge in [0.15, 0.2) is 0 Å². The summed E-state index contributed by atoms with van der Waals surface area (Å²) in [5.41, 5.74) is 9.18. The molecule has 0 aliphatic carbocycles. The van der Waals surface area contributed by atoms with Crippen molar-refractivity contribution in [2.24, 2.45) is 0 Å². The van der Waals surface area contributed by atoms with Gasteiger partial charge in [-0.15, -0.1) is 0 Å². The van der Waals surface area contributed by atoms with Gasteiger partial charge in [0, 0.05) is 16.8 Å². The molecular weight excluding hydrogens is 254 g/mol. The van der Waals surface area contributed by atoms with E-state index in [9.17, 15) is 0 Å². The lowest BCUT2D eigenvalue weighted by Gasteiger charge is -1.98. The molecule has 0 atom stereocenters. The van der Waals surface area contributed by atoms with Crippen molar-refractivity contribution in [1.29, 1.82) is 0 Å². The van der Waals surface area contributed by atoms with Crippen molar-refractivity contribution in [3.8, 4) is 22.8 Å². The zero-order valence-corrected chi connectivity index (χ0v) is 11.6. The monoisotopic (exact) mass is 269 g/mol. The number of aromatic nitrogens is 2. The van der Waals surface area contributed by atoms with Crippen molar-refractivity contribution in [2.45, 2.75) is 20.8 Å². The number of para-hydroxylation sites is 1. The van der Waals surface area contributed by atoms with Crippen LogP contribution in [0.5, 0.6) is 0 Å². The van der Waals surface area contributed by atoms with Crippen LogP contribution in [0.15, 0.2) is 33.2 Å². The van der Waals surface area contributed by atoms with E-state index in [1.807, 2.05) is 45.0 Å². The number of benzene rings is 1. The highest BCUT2D eigenvalue weighted by atomic mass is 16.5. The summed E-state index contributed by atoms with van der Waals surface area (Å²) in [5.74, 6) is 2.57. The Hall–Kier alpha value is -2.56. The first-order chi connectivity index (χ1) is 9.58. The molecule has 20 heavy (non-hydrogen) atoms. The Morgan fingerprint density at radius 2 is 1.80 bits per heavy atom. The van der Waals surface area contributed by atoms with E-state index in [1.54, 1.807) is 0 Å². The lowest BCUT2D eigenvalue weighted by molar-refractivity contribution is 0.430. The Kier molecular flexibility index (Phi) is 2.82. The number of anilines is 1. The Balaban J connectivity index is 2.09. The molecule has 1 aromatic carbocycles. The SMILES string of the molecule is Cc1oc(C)c(-c2nc(-c3ccccc3N)no2)c1C. The summed E-state index contributed by atoms with van der Waals surface area (Å²) in [4.78, 5) is 4.43. The van der Waals surface area contributed by atoms with Gasteiger partial charge < -0.3 is 14.7 Å². The predicted molar refractivity (Wildman–Crippen MR) is 76.1 cm³/mol. The third-order valence-corrected chi connectivity index (χ3v) is 3.40. The molecule has 0 aliphatic heterocycles. The summed E-state index contributed by atoms with van der Waals surface area (Å²) >= 11 is 0. The highest BCUT2D eigenvalue weighted by molar-refractivity contribution is 5.72. The van der Waals surface area contributed by atoms with Crippen molar-refractivity contribution in [2.75, 3.05) is 5.73 Å². The van der Waals surface area contributed by atoms with E-state index in [2.05, 4.69) is 10.1 Å². The molecular formula is C15H15N3O2. The third kappa shape index (κ3) is 1.87. The molecule has 2 N–H and O–H groups in total. The topological polar surface area (TPSA) is 78.1 Å². The molecule has 0 saturated carbocycles. The summed E-state index contributed by atoms with van der Waals surface area (Å²) in [6.07, 6.45) is 0. The van der Waals surface area contributed by atoms with Gasteiger partial charge in [0.2, 0.25) is 5.82 Å². The Bertz CT molecular complexity index is 771. The van der Waals surface area contributed by atoms with Crippen LogP contribution in [-0.2, 0) is 0 Å². The fourth-order valence-electron chi connectivity index (χ4n) is 2.24. The van der Waals surface area contributed by atoms with Crippen LogP contribution < -0.4 is 5.73 Å². The number of rotatable bonds is 2. The van der Waals surface area contributed by atoms with Gasteiger partial charge in [-0.3, -0.25) is 0 Å². The molecule has 0 aliphatic rings. The van der Waals surface area contributed by atoms with Gasteiger partial charge >= 0.3 is 0 Å². The maximum absolute atomic E-state index is 5.92. The molecule has 2 heterocycles. The zero-order chi connectivity index (χ0) is 14.3. The molecule has 0 radical (unpaired) electrons. The van der Waals surface area contributed by atoms with E-state index >= 15 is 0 Å². The first-order valence-electron chi connectivity index (χ1n) is 6.33. The van der Waals surface area contributed by atoms with Crippen LogP contribution in [0.3, 0.4) is 0 Å². The minimum atomic E-state index is 0.454. The second kappa shape index (κ2) is 4.52. The van der Waals surface area contributed by atoms with E-state index in [0.29, 0.717) is 17.4 Å². The molecule has 0 unspecified atom stereocenters. The normalized spacial score (nSPS) is 10.9. The summed E-state index contributed by atoms with van der Waals surface area (Å²) in [5, 5.41) is 4.01. The number of hydrogen-bond acceptors (Lipinski definition) is 5. The second-order valence-corrected chi connectivity index (χ2v) is 4.72. The van der Waals surface area contributed by atoms with Crippen molar-refractivity contribution < 1.29 is 8.94 Å². The van der Waals surface area contributed by atoms with Crippen LogP contribution in [0, 0.1) is 20.8 Å². The minimum absolute atomic E-state index is 0.454. The number of nitrogens with zero attached hydrogens (tertiary/aromatic N) is 2. The van der Waals surface area contributed by atoms with E-state index in [-0.39, 0.29) is 0 Å². The second-order valence-electron chi connectivity index (χ2n) is 4.72. The van der Waals surface area contributed by atoms with Crippen LogP contribution in [0.4, 0.5) is 5.69 Å². The van der Waals surface area contributed by atoms with Crippen molar-refractivity contribution in [3.63, 3.8) is 0 Å². The molecule has 0 spiro atoms. The van der Waals surface area contributed by atoms with Crippen LogP contribution in [0.25, 0.3) is 22.8 Å². The summed E-state index contributed by atoms with van der Waals surface area (Å²) in [6, 6.07) is 7.43. The number of nitrogens with two attached hydrogens (primary N) is 1. The molecule has 102 valence electrons. The maximum Gasteiger partial charge on any atom is 0.262 e. The van der Waals surface area contributed by atoms with E-state index in [1.165, 1.54) is 0 Å². The Labute approximate surface area is 116 Å². The molecule has 0 saturated heterocycles. The Morgan fingerprint density at radius 1 is 1.05 bits per heavy atom. The Morgan fingerprint density at radius 3 is 2.45 bits per heavy atom. The first kappa shape index (κ1) is 12.5. The molecule has 5 nitrogen and oxygen atoms in total. The fraction of sp³-hybridized carbons (Fsp3) is 0.200. The third-order valence-electron chi connectivity index (χ3n) is 3.40. The lowest BCUT2D eigenvalue weighted by Crippen LogP contribution is -1.90. The predicted octanol–water partition coefficient (Wildman–Crippen LogP) is 3.50. The van der Waals surface area contributed by atoms with Gasteiger partial charge in [0.05, 0.1) is 5.56 Å². The average Bonchev–Trinajstić information content (AvgIpc) is 2.96. The van der Waals surface area contributed by atoms with Gasteiger partial charge in [0.25, 0.3) is 5.89 Å². The van der Waals surface area contributed by atoms with Gasteiger partial charge in [-0.25, -0.2) is 0 Å². The number of aryl methyl sites for hydroxylation is 2. The quantitative estimate of drug-likeness (QED) is 0.720. The highest BCUT2D eigenvalue weighted by Crippen LogP contribution is 2.32. The molecule has 0 amide bonds. The summed E-state index contributed by atoms with van der Waals surface area (Å²) in [6.45, 7) is 5.77. The standard InChI is InChI=1S/C15H15N3O2/c1-8-9(2)19-10(3)13(8)15-17-14(18-20-15)11-6-4-5-7-12(11)16/h4-7H,16H2,1-3H3. The number of furan rings is 1. The fourth-order valence-corrected chi connectivity index (χ4v) is 2.24. The first-order valence-corrected chi connectivity index (χ1v) is 6.33. The van der Waals surface area contributed by atoms with Gasteiger partial charge in [-0.2, -0.15) is 4.98 Å². The molecule has 2 aromatic heterocycles. The maximum atomic E-state index is 5.92. The van der Waals surface area contributed by atoms with Crippen LogP contribution in [0.1, 0.15) is 17.1 Å². The van der Waals surface area contributed by atoms with Crippen LogP contribution >= 0.6 is 0 Å². The van der Waals surface area contributed by atoms with E-state index in [4.69, 9.17) is 14.7 Å². The van der Waals surface area contributed by atoms with Crippen molar-refractivity contribution >= 4 is 5.69 Å². The largest absolute Gasteiger partial charge is 0.466 e. The van der Waals surface area contributed by atoms with Crippen molar-refractivity contribution in [1.82, 2.24) is 10.1 Å². The molecule has 3 aromatic rings. The molecule has 0 fully saturated rings. The van der Waals surface area contributed by atoms with E-state index < -0.39 is 0 Å².